The van der Waals surface area contributed by atoms with Gasteiger partial charge in [-0.05, 0) is 5.04 Å². The number of ether oxygens (including phenoxy) is 3. The fourth-order valence-corrected chi connectivity index (χ4v) is 2.70. The first kappa shape index (κ1) is 16.1. The van der Waals surface area contributed by atoms with Gasteiger partial charge in [0.1, 0.15) is 20.1 Å². The van der Waals surface area contributed by atoms with Gasteiger partial charge >= 0.3 is 6.16 Å². The van der Waals surface area contributed by atoms with Crippen LogP contribution in [0.2, 0.25) is 18.1 Å². The van der Waals surface area contributed by atoms with Gasteiger partial charge < -0.3 is 14.2 Å². The Bertz CT molecular complexity index is 388. The van der Waals surface area contributed by atoms with Gasteiger partial charge in [0.05, 0.1) is 0 Å². The number of carbonyl (C=O) groups is 1. The highest BCUT2D eigenvalue weighted by Crippen LogP contribution is 2.42. The predicted molar refractivity (Wildman–Crippen MR) is 68.6 cm³/mol. The second-order valence-electron chi connectivity index (χ2n) is 6.01. The van der Waals surface area contributed by atoms with E-state index in [2.05, 4.69) is 9.47 Å². The van der Waals surface area contributed by atoms with Gasteiger partial charge in [0, 0.05) is 0 Å². The molecule has 0 bridgehead atoms. The van der Waals surface area contributed by atoms with Gasteiger partial charge in [-0.2, -0.15) is 0 Å². The van der Waals surface area contributed by atoms with E-state index in [1.807, 2.05) is 20.8 Å². The monoisotopic (exact) mass is 294 g/mol. The minimum atomic E-state index is -2.54. The van der Waals surface area contributed by atoms with Crippen molar-refractivity contribution in [2.45, 2.75) is 45.2 Å². The summed E-state index contributed by atoms with van der Waals surface area (Å²) in [7, 11) is -2.54. The van der Waals surface area contributed by atoms with E-state index in [4.69, 9.17) is 4.74 Å². The number of carbonyl (C=O) groups excluding carboxylic acids is 1. The SMILES string of the molecule is CC(C)(C)[Si](C)(C)/C(F)=C(\F)COC1COC(=O)O1. The van der Waals surface area contributed by atoms with Crippen molar-refractivity contribution in [1.82, 2.24) is 0 Å². The lowest BCUT2D eigenvalue weighted by molar-refractivity contribution is -0.0726. The van der Waals surface area contributed by atoms with Gasteiger partial charge in [-0.15, -0.1) is 0 Å². The molecule has 0 spiro atoms. The largest absolute Gasteiger partial charge is 0.510 e. The van der Waals surface area contributed by atoms with Crippen molar-refractivity contribution >= 4 is 14.2 Å². The fourth-order valence-electron chi connectivity index (χ4n) is 1.29. The Labute approximate surface area is 112 Å². The molecule has 19 heavy (non-hydrogen) atoms. The summed E-state index contributed by atoms with van der Waals surface area (Å²) >= 11 is 0. The molecule has 1 saturated heterocycles. The molecule has 1 heterocycles. The number of hydrogen-bond donors (Lipinski definition) is 0. The molecule has 0 N–H and O–H groups in total. The molecular weight excluding hydrogens is 274 g/mol. The van der Waals surface area contributed by atoms with Crippen molar-refractivity contribution in [3.05, 3.63) is 11.3 Å². The van der Waals surface area contributed by atoms with Crippen LogP contribution in [0.15, 0.2) is 11.3 Å². The standard InChI is InChI=1S/C12H20F2O4Si/c1-12(2,3)19(4,5)10(14)8(13)6-16-9-7-17-11(15)18-9/h9H,6-7H2,1-5H3/b10-8-. The van der Waals surface area contributed by atoms with E-state index in [0.29, 0.717) is 0 Å². The number of halogens is 2. The summed E-state index contributed by atoms with van der Waals surface area (Å²) in [6.07, 6.45) is -1.83. The molecule has 0 amide bonds. The summed E-state index contributed by atoms with van der Waals surface area (Å²) in [4.78, 5) is 10.6. The highest BCUT2D eigenvalue weighted by Gasteiger charge is 2.41. The Morgan fingerprint density at radius 1 is 1.42 bits per heavy atom. The third-order valence-corrected chi connectivity index (χ3v) is 8.74. The maximum atomic E-state index is 14.2. The smallest absolute Gasteiger partial charge is 0.428 e. The first-order chi connectivity index (χ1) is 8.55. The van der Waals surface area contributed by atoms with Crippen LogP contribution in [-0.2, 0) is 14.2 Å². The van der Waals surface area contributed by atoms with Crippen molar-refractivity contribution < 1.29 is 27.8 Å². The molecule has 0 aromatic heterocycles. The van der Waals surface area contributed by atoms with Gasteiger partial charge in [-0.3, -0.25) is 0 Å². The molecule has 0 aliphatic carbocycles. The second-order valence-corrected chi connectivity index (χ2v) is 11.2. The molecule has 0 aromatic carbocycles. The molecule has 4 nitrogen and oxygen atoms in total. The van der Waals surface area contributed by atoms with E-state index in [9.17, 15) is 13.6 Å². The van der Waals surface area contributed by atoms with Crippen molar-refractivity contribution in [2.24, 2.45) is 0 Å². The van der Waals surface area contributed by atoms with Gasteiger partial charge in [0.25, 0.3) is 0 Å². The van der Waals surface area contributed by atoms with E-state index in [1.54, 1.807) is 13.1 Å². The van der Waals surface area contributed by atoms with E-state index < -0.39 is 38.4 Å². The lowest BCUT2D eigenvalue weighted by Gasteiger charge is -2.35. The van der Waals surface area contributed by atoms with Crippen LogP contribution in [0.5, 0.6) is 0 Å². The summed E-state index contributed by atoms with van der Waals surface area (Å²) in [5.74, 6) is -0.936. The zero-order valence-corrected chi connectivity index (χ0v) is 12.9. The molecule has 0 radical (unpaired) electrons. The lowest BCUT2D eigenvalue weighted by atomic mass is 10.2. The quantitative estimate of drug-likeness (QED) is 0.586. The average molecular weight is 294 g/mol. The first-order valence-corrected chi connectivity index (χ1v) is 9.05. The van der Waals surface area contributed by atoms with Crippen LogP contribution in [0.3, 0.4) is 0 Å². The van der Waals surface area contributed by atoms with Crippen molar-refractivity contribution in [3.63, 3.8) is 0 Å². The summed E-state index contributed by atoms with van der Waals surface area (Å²) in [6, 6.07) is 0. The minimum absolute atomic E-state index is 0.103. The first-order valence-electron chi connectivity index (χ1n) is 6.05. The van der Waals surface area contributed by atoms with Gasteiger partial charge in [-0.25, -0.2) is 13.6 Å². The van der Waals surface area contributed by atoms with Crippen LogP contribution >= 0.6 is 0 Å². The van der Waals surface area contributed by atoms with Crippen LogP contribution in [0.4, 0.5) is 13.6 Å². The maximum absolute atomic E-state index is 14.2. The molecule has 1 atom stereocenters. The Morgan fingerprint density at radius 2 is 2.00 bits per heavy atom. The number of rotatable bonds is 4. The molecule has 110 valence electrons. The van der Waals surface area contributed by atoms with E-state index in [0.717, 1.165) is 0 Å². The fraction of sp³-hybridized carbons (Fsp3) is 0.750. The van der Waals surface area contributed by atoms with Gasteiger partial charge in [0.15, 0.2) is 12.4 Å². The predicted octanol–water partition coefficient (Wildman–Crippen LogP) is 3.69. The van der Waals surface area contributed by atoms with Gasteiger partial charge in [-0.1, -0.05) is 33.9 Å². The Hall–Kier alpha value is -0.953. The third kappa shape index (κ3) is 3.76. The molecule has 0 aromatic rings. The molecular formula is C12H20F2O4Si. The summed E-state index contributed by atoms with van der Waals surface area (Å²) in [6.45, 7) is 8.54. The van der Waals surface area contributed by atoms with Crippen molar-refractivity contribution in [1.29, 1.82) is 0 Å². The van der Waals surface area contributed by atoms with Crippen LogP contribution in [-0.4, -0.2) is 33.7 Å². The van der Waals surface area contributed by atoms with Crippen LogP contribution in [0, 0.1) is 0 Å². The third-order valence-electron chi connectivity index (χ3n) is 3.62. The number of cyclic esters (lactones) is 2. The highest BCUT2D eigenvalue weighted by molar-refractivity contribution is 6.86. The molecule has 1 rings (SSSR count). The molecule has 7 heteroatoms. The molecule has 1 unspecified atom stereocenters. The Morgan fingerprint density at radius 3 is 2.42 bits per heavy atom. The Balaban J connectivity index is 2.66. The van der Waals surface area contributed by atoms with E-state index in [1.165, 1.54) is 0 Å². The summed E-state index contributed by atoms with van der Waals surface area (Å²) in [5, 5.41) is -0.308. The molecule has 1 fully saturated rings. The zero-order valence-electron chi connectivity index (χ0n) is 11.9. The normalized spacial score (nSPS) is 21.8. The lowest BCUT2D eigenvalue weighted by Crippen LogP contribution is -2.39. The topological polar surface area (TPSA) is 44.8 Å². The average Bonchev–Trinajstić information content (AvgIpc) is 2.69. The molecule has 1 aliphatic rings. The summed E-state index contributed by atoms with van der Waals surface area (Å²) in [5.41, 5.74) is -0.717. The zero-order chi connectivity index (χ0) is 14.8. The Kier molecular flexibility index (Phi) is 4.73. The molecule has 0 saturated carbocycles. The minimum Gasteiger partial charge on any atom is -0.428 e. The van der Waals surface area contributed by atoms with Crippen LogP contribution < -0.4 is 0 Å². The second kappa shape index (κ2) is 5.58. The van der Waals surface area contributed by atoms with Crippen molar-refractivity contribution in [2.75, 3.05) is 13.2 Å². The summed E-state index contributed by atoms with van der Waals surface area (Å²) < 4.78 is 42.0. The number of hydrogen-bond acceptors (Lipinski definition) is 4. The maximum Gasteiger partial charge on any atom is 0.510 e. The van der Waals surface area contributed by atoms with E-state index in [-0.39, 0.29) is 11.6 Å². The van der Waals surface area contributed by atoms with Crippen LogP contribution in [0.1, 0.15) is 20.8 Å². The molecule has 1 aliphatic heterocycles. The van der Waals surface area contributed by atoms with E-state index >= 15 is 0 Å². The highest BCUT2D eigenvalue weighted by atomic mass is 28.3. The van der Waals surface area contributed by atoms with Gasteiger partial charge in [0.2, 0.25) is 6.29 Å². The van der Waals surface area contributed by atoms with Crippen molar-refractivity contribution in [3.8, 4) is 0 Å². The van der Waals surface area contributed by atoms with Crippen LogP contribution in [0.25, 0.3) is 0 Å².